The minimum absolute atomic E-state index is 0.00978. The second-order valence-corrected chi connectivity index (χ2v) is 6.58. The molecule has 0 aliphatic carbocycles. The van der Waals surface area contributed by atoms with Crippen molar-refractivity contribution in [2.75, 3.05) is 6.54 Å². The summed E-state index contributed by atoms with van der Waals surface area (Å²) in [6.45, 7) is 4.56. The number of rotatable bonds is 3. The van der Waals surface area contributed by atoms with Crippen molar-refractivity contribution in [2.24, 2.45) is 14.1 Å². The first-order valence-electron chi connectivity index (χ1n) is 8.37. The van der Waals surface area contributed by atoms with Gasteiger partial charge in [-0.2, -0.15) is 5.10 Å². The largest absolute Gasteiger partial charge is 0.334 e. The fraction of sp³-hybridized carbons (Fsp3) is 0.529. The second kappa shape index (κ2) is 6.34. The van der Waals surface area contributed by atoms with Gasteiger partial charge in [-0.05, 0) is 26.7 Å². The summed E-state index contributed by atoms with van der Waals surface area (Å²) in [7, 11) is 3.31. The molecule has 2 aromatic rings. The van der Waals surface area contributed by atoms with Gasteiger partial charge in [-0.3, -0.25) is 23.4 Å². The third-order valence-electron chi connectivity index (χ3n) is 5.04. The Bertz CT molecular complexity index is 937. The summed E-state index contributed by atoms with van der Waals surface area (Å²) in [5, 5.41) is 4.45. The standard InChI is InChI=1S/C17H23N5O3/c1-11-16(12(2)20(4)18-11)13-6-5-8-22(13)15(24)10-21-9-7-14(23)19(3)17(21)25/h7,9,13H,5-6,8,10H2,1-4H3. The summed E-state index contributed by atoms with van der Waals surface area (Å²) in [6.07, 6.45) is 3.20. The molecule has 8 nitrogen and oxygen atoms in total. The van der Waals surface area contributed by atoms with Crippen molar-refractivity contribution in [1.82, 2.24) is 23.8 Å². The van der Waals surface area contributed by atoms with Crippen LogP contribution in [0.25, 0.3) is 0 Å². The molecular formula is C17H23N5O3. The smallest absolute Gasteiger partial charge is 0.331 e. The highest BCUT2D eigenvalue weighted by Crippen LogP contribution is 2.35. The molecule has 0 aromatic carbocycles. The predicted molar refractivity (Wildman–Crippen MR) is 92.3 cm³/mol. The van der Waals surface area contributed by atoms with Crippen molar-refractivity contribution >= 4 is 5.91 Å². The van der Waals surface area contributed by atoms with E-state index in [1.165, 1.54) is 23.9 Å². The average molecular weight is 345 g/mol. The van der Waals surface area contributed by atoms with Gasteiger partial charge in [0.15, 0.2) is 0 Å². The molecule has 2 aromatic heterocycles. The van der Waals surface area contributed by atoms with E-state index >= 15 is 0 Å². The monoisotopic (exact) mass is 345 g/mol. The van der Waals surface area contributed by atoms with Gasteiger partial charge in [0, 0.05) is 44.2 Å². The van der Waals surface area contributed by atoms with Crippen molar-refractivity contribution in [1.29, 1.82) is 0 Å². The Morgan fingerprint density at radius 3 is 2.64 bits per heavy atom. The van der Waals surface area contributed by atoms with Crippen molar-refractivity contribution in [3.63, 3.8) is 0 Å². The number of hydrogen-bond acceptors (Lipinski definition) is 4. The number of aryl methyl sites for hydroxylation is 2. The molecular weight excluding hydrogens is 322 g/mol. The Morgan fingerprint density at radius 2 is 2.00 bits per heavy atom. The summed E-state index contributed by atoms with van der Waals surface area (Å²) >= 11 is 0. The Hall–Kier alpha value is -2.64. The first kappa shape index (κ1) is 17.2. The van der Waals surface area contributed by atoms with E-state index in [4.69, 9.17) is 0 Å². The molecule has 1 aliphatic heterocycles. The van der Waals surface area contributed by atoms with Gasteiger partial charge in [0.05, 0.1) is 11.7 Å². The molecule has 134 valence electrons. The number of likely N-dealkylation sites (tertiary alicyclic amines) is 1. The number of amides is 1. The average Bonchev–Trinajstić information content (AvgIpc) is 3.13. The van der Waals surface area contributed by atoms with Crippen LogP contribution in [0.15, 0.2) is 21.9 Å². The summed E-state index contributed by atoms with van der Waals surface area (Å²) < 4.78 is 4.12. The molecule has 1 fully saturated rings. The third-order valence-corrected chi connectivity index (χ3v) is 5.04. The molecule has 3 rings (SSSR count). The minimum Gasteiger partial charge on any atom is -0.334 e. The normalized spacial score (nSPS) is 17.3. The molecule has 8 heteroatoms. The third kappa shape index (κ3) is 2.92. The number of aromatic nitrogens is 4. The summed E-state index contributed by atoms with van der Waals surface area (Å²) in [4.78, 5) is 38.3. The quantitative estimate of drug-likeness (QED) is 0.799. The van der Waals surface area contributed by atoms with Gasteiger partial charge in [-0.1, -0.05) is 0 Å². The molecule has 1 saturated heterocycles. The van der Waals surface area contributed by atoms with Crippen LogP contribution in [-0.4, -0.2) is 36.3 Å². The van der Waals surface area contributed by atoms with Gasteiger partial charge in [-0.15, -0.1) is 0 Å². The topological polar surface area (TPSA) is 82.1 Å². The highest BCUT2D eigenvalue weighted by Gasteiger charge is 2.33. The van der Waals surface area contributed by atoms with E-state index in [9.17, 15) is 14.4 Å². The Morgan fingerprint density at radius 1 is 1.28 bits per heavy atom. The van der Waals surface area contributed by atoms with Gasteiger partial charge < -0.3 is 4.90 Å². The lowest BCUT2D eigenvalue weighted by molar-refractivity contribution is -0.132. The van der Waals surface area contributed by atoms with Crippen LogP contribution >= 0.6 is 0 Å². The van der Waals surface area contributed by atoms with Crippen molar-refractivity contribution in [2.45, 2.75) is 39.3 Å². The van der Waals surface area contributed by atoms with E-state index < -0.39 is 5.69 Å². The summed E-state index contributed by atoms with van der Waals surface area (Å²) in [5.74, 6) is -0.120. The van der Waals surface area contributed by atoms with E-state index in [2.05, 4.69) is 5.10 Å². The number of carbonyl (C=O) groups excluding carboxylic acids is 1. The fourth-order valence-electron chi connectivity index (χ4n) is 3.61. The molecule has 0 radical (unpaired) electrons. The maximum absolute atomic E-state index is 12.8. The van der Waals surface area contributed by atoms with Crippen LogP contribution in [0.5, 0.6) is 0 Å². The molecule has 1 unspecified atom stereocenters. The zero-order chi connectivity index (χ0) is 18.3. The molecule has 0 spiro atoms. The van der Waals surface area contributed by atoms with Crippen molar-refractivity contribution in [3.05, 3.63) is 50.1 Å². The molecule has 1 amide bonds. The second-order valence-electron chi connectivity index (χ2n) is 6.58. The van der Waals surface area contributed by atoms with E-state index in [0.29, 0.717) is 6.54 Å². The maximum Gasteiger partial charge on any atom is 0.331 e. The lowest BCUT2D eigenvalue weighted by Gasteiger charge is -2.25. The predicted octanol–water partition coefficient (Wildman–Crippen LogP) is 0.261. The van der Waals surface area contributed by atoms with Gasteiger partial charge in [-0.25, -0.2) is 4.79 Å². The molecule has 25 heavy (non-hydrogen) atoms. The van der Waals surface area contributed by atoms with Crippen molar-refractivity contribution in [3.8, 4) is 0 Å². The maximum atomic E-state index is 12.8. The van der Waals surface area contributed by atoms with Crippen LogP contribution in [0, 0.1) is 13.8 Å². The zero-order valence-electron chi connectivity index (χ0n) is 15.0. The van der Waals surface area contributed by atoms with E-state index in [1.54, 1.807) is 0 Å². The van der Waals surface area contributed by atoms with Crippen LogP contribution in [0.1, 0.15) is 35.8 Å². The van der Waals surface area contributed by atoms with Gasteiger partial charge in [0.1, 0.15) is 6.54 Å². The van der Waals surface area contributed by atoms with Crippen LogP contribution in [0.4, 0.5) is 0 Å². The Balaban J connectivity index is 1.88. The number of nitrogens with zero attached hydrogens (tertiary/aromatic N) is 5. The highest BCUT2D eigenvalue weighted by molar-refractivity contribution is 5.77. The first-order valence-corrected chi connectivity index (χ1v) is 8.37. The van der Waals surface area contributed by atoms with Gasteiger partial charge >= 0.3 is 5.69 Å². The van der Waals surface area contributed by atoms with E-state index in [1.807, 2.05) is 30.5 Å². The Kier molecular flexibility index (Phi) is 4.36. The van der Waals surface area contributed by atoms with Crippen LogP contribution in [-0.2, 0) is 25.4 Å². The summed E-state index contributed by atoms with van der Waals surface area (Å²) in [6, 6.07) is 1.29. The van der Waals surface area contributed by atoms with Crippen LogP contribution < -0.4 is 11.2 Å². The lowest BCUT2D eigenvalue weighted by Crippen LogP contribution is -2.41. The highest BCUT2D eigenvalue weighted by atomic mass is 16.2. The summed E-state index contributed by atoms with van der Waals surface area (Å²) in [5.41, 5.74) is 2.23. The Labute approximate surface area is 145 Å². The molecule has 1 atom stereocenters. The van der Waals surface area contributed by atoms with Gasteiger partial charge in [0.25, 0.3) is 5.56 Å². The SMILES string of the molecule is Cc1nn(C)c(C)c1C1CCCN1C(=O)Cn1ccc(=O)n(C)c1=O. The van der Waals surface area contributed by atoms with Crippen molar-refractivity contribution < 1.29 is 4.79 Å². The number of carbonyl (C=O) groups is 1. The lowest BCUT2D eigenvalue weighted by atomic mass is 10.0. The molecule has 0 saturated carbocycles. The molecule has 3 heterocycles. The molecule has 0 bridgehead atoms. The fourth-order valence-corrected chi connectivity index (χ4v) is 3.61. The first-order chi connectivity index (χ1) is 11.8. The number of hydrogen-bond donors (Lipinski definition) is 0. The van der Waals surface area contributed by atoms with Crippen LogP contribution in [0.3, 0.4) is 0 Å². The minimum atomic E-state index is -0.481. The van der Waals surface area contributed by atoms with E-state index in [-0.39, 0.29) is 24.1 Å². The van der Waals surface area contributed by atoms with E-state index in [0.717, 1.165) is 34.4 Å². The van der Waals surface area contributed by atoms with Gasteiger partial charge in [0.2, 0.25) is 5.91 Å². The molecule has 0 N–H and O–H groups in total. The zero-order valence-corrected chi connectivity index (χ0v) is 15.0. The van der Waals surface area contributed by atoms with Crippen LogP contribution in [0.2, 0.25) is 0 Å². The molecule has 1 aliphatic rings.